The second kappa shape index (κ2) is 8.01. The molecule has 0 fully saturated rings. The van der Waals surface area contributed by atoms with Gasteiger partial charge in [-0.3, -0.25) is 4.79 Å². The summed E-state index contributed by atoms with van der Waals surface area (Å²) in [5.41, 5.74) is 3.99. The molecule has 0 saturated carbocycles. The van der Waals surface area contributed by atoms with Gasteiger partial charge in [0.05, 0.1) is 0 Å². The SMILES string of the molecule is C=C(C)/C=C/c1ccc(C(=O)c2c(-c3ccc(O)cc3)sc3cc(O)ccc23)cc1. The minimum Gasteiger partial charge on any atom is -0.508 e. The number of allylic oxidation sites excluding steroid dienone is 2. The van der Waals surface area contributed by atoms with Crippen molar-refractivity contribution < 1.29 is 15.0 Å². The third kappa shape index (κ3) is 3.91. The molecule has 1 heterocycles. The average Bonchev–Trinajstić information content (AvgIpc) is 3.11. The van der Waals surface area contributed by atoms with Gasteiger partial charge in [-0.15, -0.1) is 11.3 Å². The summed E-state index contributed by atoms with van der Waals surface area (Å²) in [4.78, 5) is 14.3. The number of phenols is 2. The number of rotatable bonds is 5. The summed E-state index contributed by atoms with van der Waals surface area (Å²) in [6.07, 6.45) is 3.89. The van der Waals surface area contributed by atoms with Crippen LogP contribution in [0, 0.1) is 0 Å². The van der Waals surface area contributed by atoms with Crippen molar-refractivity contribution in [2.24, 2.45) is 0 Å². The summed E-state index contributed by atoms with van der Waals surface area (Å²) in [5.74, 6) is 0.253. The smallest absolute Gasteiger partial charge is 0.195 e. The Kier molecular flexibility index (Phi) is 5.25. The van der Waals surface area contributed by atoms with E-state index in [1.165, 1.54) is 11.3 Å². The van der Waals surface area contributed by atoms with Gasteiger partial charge in [0.1, 0.15) is 11.5 Å². The number of carbonyl (C=O) groups excluding carboxylic acids is 1. The summed E-state index contributed by atoms with van der Waals surface area (Å²) in [6, 6.07) is 19.3. The molecule has 0 aliphatic rings. The van der Waals surface area contributed by atoms with Crippen LogP contribution in [0.25, 0.3) is 26.6 Å². The fourth-order valence-corrected chi connectivity index (χ4v) is 4.49. The fraction of sp³-hybridized carbons (Fsp3) is 0.0385. The first kappa shape index (κ1) is 19.7. The molecule has 4 heteroatoms. The molecule has 0 aliphatic heterocycles. The summed E-state index contributed by atoms with van der Waals surface area (Å²) < 4.78 is 0.836. The van der Waals surface area contributed by atoms with Crippen LogP contribution in [0.3, 0.4) is 0 Å². The van der Waals surface area contributed by atoms with Crippen molar-refractivity contribution in [1.29, 1.82) is 0 Å². The Bertz CT molecular complexity index is 1280. The molecule has 0 amide bonds. The van der Waals surface area contributed by atoms with Gasteiger partial charge >= 0.3 is 0 Å². The van der Waals surface area contributed by atoms with Gasteiger partial charge in [-0.25, -0.2) is 0 Å². The highest BCUT2D eigenvalue weighted by Crippen LogP contribution is 2.41. The Morgan fingerprint density at radius 1 is 0.933 bits per heavy atom. The van der Waals surface area contributed by atoms with Crippen LogP contribution in [0.4, 0.5) is 0 Å². The van der Waals surface area contributed by atoms with Gasteiger partial charge in [0.2, 0.25) is 0 Å². The van der Waals surface area contributed by atoms with Gasteiger partial charge in [-0.05, 0) is 60.5 Å². The van der Waals surface area contributed by atoms with Crippen LogP contribution in [0.2, 0.25) is 0 Å². The molecule has 0 spiro atoms. The van der Waals surface area contributed by atoms with E-state index in [1.54, 1.807) is 42.5 Å². The second-order valence-electron chi connectivity index (χ2n) is 7.16. The summed E-state index contributed by atoms with van der Waals surface area (Å²) in [6.45, 7) is 5.78. The molecule has 1 aromatic heterocycles. The highest BCUT2D eigenvalue weighted by molar-refractivity contribution is 7.22. The maximum Gasteiger partial charge on any atom is 0.195 e. The number of benzene rings is 3. The van der Waals surface area contributed by atoms with Crippen molar-refractivity contribution in [2.45, 2.75) is 6.92 Å². The summed E-state index contributed by atoms with van der Waals surface area (Å²) >= 11 is 1.45. The normalized spacial score (nSPS) is 11.2. The molecule has 30 heavy (non-hydrogen) atoms. The Morgan fingerprint density at radius 2 is 1.60 bits per heavy atom. The number of thiophene rings is 1. The van der Waals surface area contributed by atoms with E-state index >= 15 is 0 Å². The maximum atomic E-state index is 13.5. The van der Waals surface area contributed by atoms with Gasteiger partial charge in [0.15, 0.2) is 5.78 Å². The number of hydrogen-bond donors (Lipinski definition) is 2. The topological polar surface area (TPSA) is 57.5 Å². The van der Waals surface area contributed by atoms with Crippen molar-refractivity contribution in [3.63, 3.8) is 0 Å². The molecule has 3 nitrogen and oxygen atoms in total. The van der Waals surface area contributed by atoms with Gasteiger partial charge in [-0.1, -0.05) is 48.6 Å². The predicted molar refractivity (Wildman–Crippen MR) is 124 cm³/mol. The van der Waals surface area contributed by atoms with Crippen LogP contribution in [0.15, 0.2) is 85.0 Å². The quantitative estimate of drug-likeness (QED) is 0.280. The van der Waals surface area contributed by atoms with E-state index in [9.17, 15) is 15.0 Å². The first-order chi connectivity index (χ1) is 14.4. The van der Waals surface area contributed by atoms with E-state index in [-0.39, 0.29) is 17.3 Å². The molecular weight excluding hydrogens is 392 g/mol. The third-order valence-electron chi connectivity index (χ3n) is 4.76. The van der Waals surface area contributed by atoms with E-state index in [0.717, 1.165) is 31.7 Å². The van der Waals surface area contributed by atoms with Crippen LogP contribution >= 0.6 is 11.3 Å². The lowest BCUT2D eigenvalue weighted by Crippen LogP contribution is -2.02. The standard InChI is InChI=1S/C26H20O3S/c1-16(2)3-4-17-5-7-18(8-6-17)25(29)24-22-14-13-21(28)15-23(22)30-26(24)19-9-11-20(27)12-10-19/h3-15,27-28H,1H2,2H3/b4-3+. The Hall–Kier alpha value is -3.63. The second-order valence-corrected chi connectivity index (χ2v) is 8.22. The molecule has 0 atom stereocenters. The molecule has 4 aromatic rings. The molecular formula is C26H20O3S. The summed E-state index contributed by atoms with van der Waals surface area (Å²) in [5, 5.41) is 20.3. The number of carbonyl (C=O) groups is 1. The zero-order chi connectivity index (χ0) is 21.3. The van der Waals surface area contributed by atoms with E-state index in [2.05, 4.69) is 6.58 Å². The van der Waals surface area contributed by atoms with Crippen molar-refractivity contribution >= 4 is 33.3 Å². The van der Waals surface area contributed by atoms with E-state index in [4.69, 9.17) is 0 Å². The monoisotopic (exact) mass is 412 g/mol. The molecule has 2 N–H and O–H groups in total. The lowest BCUT2D eigenvalue weighted by Gasteiger charge is -2.06. The van der Waals surface area contributed by atoms with E-state index < -0.39 is 0 Å². The van der Waals surface area contributed by atoms with E-state index in [0.29, 0.717) is 11.1 Å². The van der Waals surface area contributed by atoms with E-state index in [1.807, 2.05) is 43.3 Å². The maximum absolute atomic E-state index is 13.5. The first-order valence-electron chi connectivity index (χ1n) is 9.45. The fourth-order valence-electron chi connectivity index (χ4n) is 3.26. The first-order valence-corrected chi connectivity index (χ1v) is 10.3. The summed E-state index contributed by atoms with van der Waals surface area (Å²) in [7, 11) is 0. The zero-order valence-electron chi connectivity index (χ0n) is 16.4. The Labute approximate surface area is 178 Å². The van der Waals surface area contributed by atoms with Crippen LogP contribution < -0.4 is 0 Å². The number of fused-ring (bicyclic) bond motifs is 1. The number of hydrogen-bond acceptors (Lipinski definition) is 4. The van der Waals surface area contributed by atoms with Gasteiger partial charge in [0, 0.05) is 26.1 Å². The highest BCUT2D eigenvalue weighted by atomic mass is 32.1. The van der Waals surface area contributed by atoms with Crippen molar-refractivity contribution in [2.75, 3.05) is 0 Å². The molecule has 4 rings (SSSR count). The molecule has 148 valence electrons. The number of ketones is 1. The average molecular weight is 413 g/mol. The van der Waals surface area contributed by atoms with Gasteiger partial charge < -0.3 is 10.2 Å². The molecule has 0 aliphatic carbocycles. The van der Waals surface area contributed by atoms with Crippen LogP contribution in [-0.4, -0.2) is 16.0 Å². The van der Waals surface area contributed by atoms with Crippen LogP contribution in [-0.2, 0) is 0 Å². The van der Waals surface area contributed by atoms with Crippen LogP contribution in [0.1, 0.15) is 28.4 Å². The minimum atomic E-state index is -0.0783. The van der Waals surface area contributed by atoms with Crippen molar-refractivity contribution in [3.05, 3.63) is 102 Å². The van der Waals surface area contributed by atoms with Gasteiger partial charge in [0.25, 0.3) is 0 Å². The van der Waals surface area contributed by atoms with Crippen LogP contribution in [0.5, 0.6) is 11.5 Å². The number of aromatic hydroxyl groups is 2. The lowest BCUT2D eigenvalue weighted by molar-refractivity contribution is 0.104. The minimum absolute atomic E-state index is 0.0783. The highest BCUT2D eigenvalue weighted by Gasteiger charge is 2.21. The number of phenolic OH excluding ortho intramolecular Hbond substituents is 2. The van der Waals surface area contributed by atoms with Gasteiger partial charge in [-0.2, -0.15) is 0 Å². The largest absolute Gasteiger partial charge is 0.508 e. The molecule has 0 unspecified atom stereocenters. The molecule has 3 aromatic carbocycles. The zero-order valence-corrected chi connectivity index (χ0v) is 17.2. The molecule has 0 bridgehead atoms. The van der Waals surface area contributed by atoms with Crippen molar-refractivity contribution in [1.82, 2.24) is 0 Å². The predicted octanol–water partition coefficient (Wildman–Crippen LogP) is 6.80. The lowest BCUT2D eigenvalue weighted by atomic mass is 9.97. The molecule has 0 saturated heterocycles. The Morgan fingerprint density at radius 3 is 2.27 bits per heavy atom. The molecule has 0 radical (unpaired) electrons. The Balaban J connectivity index is 1.82. The van der Waals surface area contributed by atoms with Crippen molar-refractivity contribution in [3.8, 4) is 21.9 Å². The third-order valence-corrected chi connectivity index (χ3v) is 5.96.